The number of nitro benzene ring substituents is 1. The van der Waals surface area contributed by atoms with E-state index >= 15 is 0 Å². The molecule has 0 radical (unpaired) electrons. The Morgan fingerprint density at radius 2 is 2.03 bits per heavy atom. The fraction of sp³-hybridized carbons (Fsp3) is 0.739. The van der Waals surface area contributed by atoms with Crippen LogP contribution in [0.25, 0.3) is 0 Å². The molecule has 1 aromatic rings. The summed E-state index contributed by atoms with van der Waals surface area (Å²) in [6.45, 7) is 6.29. The molecule has 0 amide bonds. The van der Waals surface area contributed by atoms with Gasteiger partial charge < -0.3 is 15.1 Å². The molecule has 0 unspecified atom stereocenters. The summed E-state index contributed by atoms with van der Waals surface area (Å²) in [5.41, 5.74) is 2.36. The van der Waals surface area contributed by atoms with Crippen molar-refractivity contribution in [3.05, 3.63) is 28.3 Å². The van der Waals surface area contributed by atoms with Gasteiger partial charge in [-0.1, -0.05) is 12.8 Å². The van der Waals surface area contributed by atoms with E-state index < -0.39 is 0 Å². The maximum Gasteiger partial charge on any atom is 0.292 e. The van der Waals surface area contributed by atoms with Gasteiger partial charge in [0.05, 0.1) is 4.92 Å². The zero-order valence-corrected chi connectivity index (χ0v) is 17.8. The van der Waals surface area contributed by atoms with Gasteiger partial charge in [-0.25, -0.2) is 0 Å². The molecule has 1 aliphatic heterocycles. The summed E-state index contributed by atoms with van der Waals surface area (Å²) >= 11 is 0. The quantitative estimate of drug-likeness (QED) is 0.590. The van der Waals surface area contributed by atoms with Crippen molar-refractivity contribution in [3.63, 3.8) is 0 Å². The second kappa shape index (κ2) is 7.15. The topological polar surface area (TPSA) is 61.6 Å². The maximum atomic E-state index is 11.7. The smallest absolute Gasteiger partial charge is 0.292 e. The largest absolute Gasteiger partial charge is 0.376 e. The summed E-state index contributed by atoms with van der Waals surface area (Å²) in [6, 6.07) is 5.93. The number of hydrogen-bond donors (Lipinski definition) is 1. The van der Waals surface area contributed by atoms with Gasteiger partial charge in [0.15, 0.2) is 0 Å². The number of nitrogens with zero attached hydrogens (tertiary/aromatic N) is 3. The van der Waals surface area contributed by atoms with Crippen LogP contribution in [0.15, 0.2) is 18.2 Å². The molecule has 6 nitrogen and oxygen atoms in total. The van der Waals surface area contributed by atoms with E-state index in [-0.39, 0.29) is 16.7 Å². The van der Waals surface area contributed by atoms with Crippen molar-refractivity contribution >= 4 is 17.1 Å². The molecule has 4 aliphatic rings. The van der Waals surface area contributed by atoms with Gasteiger partial charge in [0.25, 0.3) is 5.69 Å². The lowest BCUT2D eigenvalue weighted by molar-refractivity contribution is -0.384. The van der Waals surface area contributed by atoms with Crippen molar-refractivity contribution in [2.24, 2.45) is 23.2 Å². The van der Waals surface area contributed by atoms with Gasteiger partial charge in [0.2, 0.25) is 0 Å². The van der Waals surface area contributed by atoms with E-state index in [0.717, 1.165) is 49.6 Å². The van der Waals surface area contributed by atoms with Crippen molar-refractivity contribution in [2.45, 2.75) is 51.5 Å². The average Bonchev–Trinajstić information content (AvgIpc) is 3.28. The third kappa shape index (κ3) is 3.20. The van der Waals surface area contributed by atoms with Crippen molar-refractivity contribution in [1.29, 1.82) is 0 Å². The van der Waals surface area contributed by atoms with Crippen LogP contribution in [0.1, 0.15) is 45.4 Å². The van der Waals surface area contributed by atoms with Crippen molar-refractivity contribution in [1.82, 2.24) is 4.90 Å². The molecule has 1 N–H and O–H groups in total. The standard InChI is InChI=1S/C23H34N4O2/c1-16(23-7-3-4-18-12-17(15-23)13-20(18)23)24-21-14-19(5-6-22(21)27(28)29)26-10-8-25(2)9-11-26/h5-6,14,16-18,20,24H,3-4,7-13,15H2,1-2H3/t16-,17-,18-,20+,23-/m1/s1. The lowest BCUT2D eigenvalue weighted by Gasteiger charge is -2.50. The molecule has 1 heterocycles. The van der Waals surface area contributed by atoms with Crippen LogP contribution in [0, 0.1) is 33.3 Å². The molecule has 3 aliphatic carbocycles. The van der Waals surface area contributed by atoms with E-state index in [0.29, 0.717) is 11.1 Å². The van der Waals surface area contributed by atoms with Crippen LogP contribution >= 0.6 is 0 Å². The van der Waals surface area contributed by atoms with Crippen LogP contribution < -0.4 is 10.2 Å². The molecule has 4 fully saturated rings. The highest BCUT2D eigenvalue weighted by Crippen LogP contribution is 2.66. The number of nitro groups is 1. The number of benzene rings is 1. The Hall–Kier alpha value is -1.82. The highest BCUT2D eigenvalue weighted by molar-refractivity contribution is 5.69. The predicted octanol–water partition coefficient (Wildman–Crippen LogP) is 4.36. The number of nitrogens with one attached hydrogen (secondary N) is 1. The maximum absolute atomic E-state index is 11.7. The number of hydrogen-bond acceptors (Lipinski definition) is 5. The third-order valence-corrected chi connectivity index (χ3v) is 8.70. The first-order valence-electron chi connectivity index (χ1n) is 11.4. The Kier molecular flexibility index (Phi) is 4.72. The van der Waals surface area contributed by atoms with Gasteiger partial charge in [-0.3, -0.25) is 10.1 Å². The zero-order chi connectivity index (χ0) is 20.2. The summed E-state index contributed by atoms with van der Waals surface area (Å²) in [6.07, 6.45) is 8.13. The third-order valence-electron chi connectivity index (χ3n) is 8.70. The van der Waals surface area contributed by atoms with Crippen LogP contribution in [0.3, 0.4) is 0 Å². The Morgan fingerprint density at radius 3 is 2.76 bits per heavy atom. The molecule has 1 aromatic carbocycles. The number of fused-ring (bicyclic) bond motifs is 1. The minimum atomic E-state index is -0.231. The van der Waals surface area contributed by atoms with Gasteiger partial charge in [0, 0.05) is 44.0 Å². The second-order valence-corrected chi connectivity index (χ2v) is 10.1. The van der Waals surface area contributed by atoms with Crippen molar-refractivity contribution < 1.29 is 4.92 Å². The molecule has 1 saturated heterocycles. The number of likely N-dealkylation sites (N-methyl/N-ethyl adjacent to an activating group) is 1. The van der Waals surface area contributed by atoms with E-state index in [1.807, 2.05) is 12.1 Å². The fourth-order valence-electron chi connectivity index (χ4n) is 7.25. The monoisotopic (exact) mass is 398 g/mol. The van der Waals surface area contributed by atoms with Gasteiger partial charge in [-0.15, -0.1) is 0 Å². The van der Waals surface area contributed by atoms with Crippen LogP contribution in [0.4, 0.5) is 17.1 Å². The van der Waals surface area contributed by atoms with Gasteiger partial charge in [-0.2, -0.15) is 0 Å². The number of piperazine rings is 1. The molecule has 5 atom stereocenters. The summed E-state index contributed by atoms with van der Waals surface area (Å²) in [5.74, 6) is 2.61. The molecular formula is C23H34N4O2. The summed E-state index contributed by atoms with van der Waals surface area (Å²) in [7, 11) is 2.15. The van der Waals surface area contributed by atoms with Crippen LogP contribution in [-0.2, 0) is 0 Å². The first kappa shape index (κ1) is 19.2. The molecule has 3 saturated carbocycles. The van der Waals surface area contributed by atoms with E-state index in [1.54, 1.807) is 6.07 Å². The minimum absolute atomic E-state index is 0.210. The first-order chi connectivity index (χ1) is 14.0. The summed E-state index contributed by atoms with van der Waals surface area (Å²) in [5, 5.41) is 15.4. The molecule has 2 bridgehead atoms. The van der Waals surface area contributed by atoms with Crippen LogP contribution in [0.2, 0.25) is 0 Å². The fourth-order valence-corrected chi connectivity index (χ4v) is 7.25. The summed E-state index contributed by atoms with van der Waals surface area (Å²) < 4.78 is 0. The second-order valence-electron chi connectivity index (χ2n) is 10.1. The molecule has 158 valence electrons. The van der Waals surface area contributed by atoms with E-state index in [9.17, 15) is 10.1 Å². The SMILES string of the molecule is C[C@@H](Nc1cc(N2CCN(C)CC2)ccc1[N+](=O)[O-])[C@]12CCC[C@@H]3C[C@H](C[C@@H]31)C2. The average molecular weight is 399 g/mol. The molecule has 29 heavy (non-hydrogen) atoms. The number of anilines is 2. The number of rotatable bonds is 5. The molecule has 0 aromatic heterocycles. The highest BCUT2D eigenvalue weighted by Gasteiger charge is 2.59. The van der Waals surface area contributed by atoms with Crippen LogP contribution in [-0.4, -0.2) is 49.1 Å². The normalized spacial score (nSPS) is 35.0. The van der Waals surface area contributed by atoms with Crippen LogP contribution in [0.5, 0.6) is 0 Å². The zero-order valence-electron chi connectivity index (χ0n) is 17.8. The Morgan fingerprint density at radius 1 is 1.24 bits per heavy atom. The molecule has 5 rings (SSSR count). The highest BCUT2D eigenvalue weighted by atomic mass is 16.6. The van der Waals surface area contributed by atoms with E-state index in [1.165, 1.54) is 38.5 Å². The Bertz CT molecular complexity index is 791. The van der Waals surface area contributed by atoms with Gasteiger partial charge in [-0.05, 0) is 75.0 Å². The van der Waals surface area contributed by atoms with Gasteiger partial charge in [0.1, 0.15) is 5.69 Å². The predicted molar refractivity (Wildman–Crippen MR) is 116 cm³/mol. The first-order valence-corrected chi connectivity index (χ1v) is 11.4. The molecular weight excluding hydrogens is 364 g/mol. The summed E-state index contributed by atoms with van der Waals surface area (Å²) in [4.78, 5) is 16.2. The Labute approximate surface area is 173 Å². The van der Waals surface area contributed by atoms with E-state index in [2.05, 4.69) is 29.1 Å². The lowest BCUT2D eigenvalue weighted by atomic mass is 9.58. The van der Waals surface area contributed by atoms with Gasteiger partial charge >= 0.3 is 0 Å². The lowest BCUT2D eigenvalue weighted by Crippen LogP contribution is -2.47. The van der Waals surface area contributed by atoms with Crippen molar-refractivity contribution in [2.75, 3.05) is 43.4 Å². The molecule has 6 heteroatoms. The van der Waals surface area contributed by atoms with Crippen molar-refractivity contribution in [3.8, 4) is 0 Å². The van der Waals surface area contributed by atoms with E-state index in [4.69, 9.17) is 0 Å². The molecule has 0 spiro atoms. The minimum Gasteiger partial charge on any atom is -0.376 e. The Balaban J connectivity index is 1.41.